The molecule has 0 saturated carbocycles. The Morgan fingerprint density at radius 1 is 1.60 bits per heavy atom. The average Bonchev–Trinajstić information content (AvgIpc) is 2.00. The van der Waals surface area contributed by atoms with Crippen molar-refractivity contribution in [2.24, 2.45) is 0 Å². The van der Waals surface area contributed by atoms with Crippen LogP contribution < -0.4 is 0 Å². The van der Waals surface area contributed by atoms with Gasteiger partial charge >= 0.3 is 0 Å². The quantitative estimate of drug-likeness (QED) is 0.434. The third-order valence-electron chi connectivity index (χ3n) is 1.20. The first kappa shape index (κ1) is 8.95. The molecule has 2 heteroatoms. The number of allylic oxidation sites excluding steroid dienone is 3. The van der Waals surface area contributed by atoms with E-state index < -0.39 is 5.83 Å². The van der Waals surface area contributed by atoms with Crippen LogP contribution >= 0.6 is 0 Å². The van der Waals surface area contributed by atoms with Gasteiger partial charge in [-0.15, -0.1) is 0 Å². The van der Waals surface area contributed by atoms with Crippen molar-refractivity contribution >= 4 is 0 Å². The van der Waals surface area contributed by atoms with Gasteiger partial charge in [-0.05, 0) is 13.0 Å². The normalized spacial score (nSPS) is 11.9. The molecular weight excluding hydrogens is 131 g/mol. The maximum Gasteiger partial charge on any atom is 0.129 e. The fraction of sp³-hybridized carbons (Fsp3) is 0.250. The zero-order valence-corrected chi connectivity index (χ0v) is 6.28. The van der Waals surface area contributed by atoms with Crippen molar-refractivity contribution in [3.05, 3.63) is 36.4 Å². The largest absolute Gasteiger partial charge is 0.497 e. The van der Waals surface area contributed by atoms with Crippen molar-refractivity contribution in [3.8, 4) is 0 Å². The Kier molecular flexibility index (Phi) is 3.47. The molecule has 56 valence electrons. The molecular formula is C8H11FO. The Labute approximate surface area is 60.5 Å². The molecule has 0 saturated heterocycles. The SMILES string of the molecule is C=C/C(F)=C(/C)C(=C)OC. The van der Waals surface area contributed by atoms with E-state index in [1.165, 1.54) is 7.11 Å². The van der Waals surface area contributed by atoms with E-state index in [0.717, 1.165) is 6.08 Å². The van der Waals surface area contributed by atoms with Crippen LogP contribution in [0, 0.1) is 0 Å². The number of rotatable bonds is 3. The van der Waals surface area contributed by atoms with E-state index in [0.29, 0.717) is 11.3 Å². The second-order valence-corrected chi connectivity index (χ2v) is 1.80. The molecule has 0 rings (SSSR count). The molecule has 0 heterocycles. The lowest BCUT2D eigenvalue weighted by molar-refractivity contribution is 0.300. The lowest BCUT2D eigenvalue weighted by Crippen LogP contribution is -1.87. The second kappa shape index (κ2) is 3.88. The van der Waals surface area contributed by atoms with Gasteiger partial charge in [0.2, 0.25) is 0 Å². The van der Waals surface area contributed by atoms with Crippen LogP contribution in [0.5, 0.6) is 0 Å². The molecule has 0 radical (unpaired) electrons. The van der Waals surface area contributed by atoms with Crippen molar-refractivity contribution < 1.29 is 9.13 Å². The van der Waals surface area contributed by atoms with E-state index in [1.807, 2.05) is 0 Å². The van der Waals surface area contributed by atoms with E-state index in [-0.39, 0.29) is 0 Å². The Morgan fingerprint density at radius 3 is 2.40 bits per heavy atom. The zero-order valence-electron chi connectivity index (χ0n) is 6.28. The summed E-state index contributed by atoms with van der Waals surface area (Å²) in [6.45, 7) is 8.33. The minimum Gasteiger partial charge on any atom is -0.497 e. The van der Waals surface area contributed by atoms with Gasteiger partial charge < -0.3 is 4.74 Å². The zero-order chi connectivity index (χ0) is 8.15. The molecule has 0 aromatic rings. The predicted octanol–water partition coefficient (Wildman–Crippen LogP) is 2.58. The number of halogens is 1. The molecule has 0 aliphatic rings. The molecule has 0 aliphatic carbocycles. The molecule has 10 heavy (non-hydrogen) atoms. The molecule has 0 aromatic carbocycles. The summed E-state index contributed by atoms with van der Waals surface area (Å²) < 4.78 is 17.3. The average molecular weight is 142 g/mol. The second-order valence-electron chi connectivity index (χ2n) is 1.80. The van der Waals surface area contributed by atoms with Gasteiger partial charge in [0.25, 0.3) is 0 Å². The minimum absolute atomic E-state index is 0.331. The summed E-state index contributed by atoms with van der Waals surface area (Å²) in [5, 5.41) is 0. The van der Waals surface area contributed by atoms with E-state index in [2.05, 4.69) is 13.2 Å². The van der Waals surface area contributed by atoms with Gasteiger partial charge in [-0.1, -0.05) is 13.2 Å². The molecule has 0 atom stereocenters. The van der Waals surface area contributed by atoms with Gasteiger partial charge in [-0.2, -0.15) is 0 Å². The van der Waals surface area contributed by atoms with Crippen LogP contribution in [-0.2, 0) is 4.74 Å². The number of hydrogen-bond donors (Lipinski definition) is 0. The summed E-state index contributed by atoms with van der Waals surface area (Å²) in [6.07, 6.45) is 1.12. The van der Waals surface area contributed by atoms with Crippen LogP contribution in [0.1, 0.15) is 6.92 Å². The number of hydrogen-bond acceptors (Lipinski definition) is 1. The summed E-state index contributed by atoms with van der Waals surface area (Å²) >= 11 is 0. The van der Waals surface area contributed by atoms with Crippen LogP contribution in [0.3, 0.4) is 0 Å². The topological polar surface area (TPSA) is 9.23 Å². The van der Waals surface area contributed by atoms with Crippen LogP contribution in [0.2, 0.25) is 0 Å². The van der Waals surface area contributed by atoms with Gasteiger partial charge in [-0.25, -0.2) is 4.39 Å². The maximum absolute atomic E-state index is 12.6. The smallest absolute Gasteiger partial charge is 0.129 e. The molecule has 1 nitrogen and oxygen atoms in total. The first-order chi connectivity index (χ1) is 4.63. The Morgan fingerprint density at radius 2 is 2.10 bits per heavy atom. The molecule has 0 fully saturated rings. The van der Waals surface area contributed by atoms with Gasteiger partial charge in [0.15, 0.2) is 0 Å². The minimum atomic E-state index is -0.396. The number of methoxy groups -OCH3 is 1. The van der Waals surface area contributed by atoms with Gasteiger partial charge in [-0.3, -0.25) is 0 Å². The van der Waals surface area contributed by atoms with Gasteiger partial charge in [0.1, 0.15) is 11.6 Å². The van der Waals surface area contributed by atoms with Gasteiger partial charge in [0, 0.05) is 5.57 Å². The Hall–Kier alpha value is -1.05. The lowest BCUT2D eigenvalue weighted by atomic mass is 10.2. The molecule has 0 aromatic heterocycles. The summed E-state index contributed by atoms with van der Waals surface area (Å²) in [4.78, 5) is 0. The maximum atomic E-state index is 12.6. The third-order valence-corrected chi connectivity index (χ3v) is 1.20. The van der Waals surface area contributed by atoms with Crippen LogP contribution in [-0.4, -0.2) is 7.11 Å². The van der Waals surface area contributed by atoms with Crippen molar-refractivity contribution in [1.29, 1.82) is 0 Å². The van der Waals surface area contributed by atoms with Crippen molar-refractivity contribution in [1.82, 2.24) is 0 Å². The van der Waals surface area contributed by atoms with Crippen molar-refractivity contribution in [2.45, 2.75) is 6.92 Å². The third kappa shape index (κ3) is 2.05. The van der Waals surface area contributed by atoms with Crippen LogP contribution in [0.25, 0.3) is 0 Å². The van der Waals surface area contributed by atoms with E-state index in [1.54, 1.807) is 6.92 Å². The highest BCUT2D eigenvalue weighted by Gasteiger charge is 2.00. The monoisotopic (exact) mass is 142 g/mol. The predicted molar refractivity (Wildman–Crippen MR) is 40.2 cm³/mol. The van der Waals surface area contributed by atoms with Crippen molar-refractivity contribution in [2.75, 3.05) is 7.11 Å². The van der Waals surface area contributed by atoms with E-state index in [9.17, 15) is 4.39 Å². The number of ether oxygens (including phenoxy) is 1. The summed E-state index contributed by atoms with van der Waals surface area (Å²) in [7, 11) is 1.45. The van der Waals surface area contributed by atoms with Gasteiger partial charge in [0.05, 0.1) is 7.11 Å². The Bertz CT molecular complexity index is 180. The summed E-state index contributed by atoms with van der Waals surface area (Å²) in [6, 6.07) is 0. The van der Waals surface area contributed by atoms with Crippen LogP contribution in [0.4, 0.5) is 4.39 Å². The van der Waals surface area contributed by atoms with E-state index >= 15 is 0 Å². The lowest BCUT2D eigenvalue weighted by Gasteiger charge is -2.02. The Balaban J connectivity index is 4.45. The highest BCUT2D eigenvalue weighted by atomic mass is 19.1. The van der Waals surface area contributed by atoms with E-state index in [4.69, 9.17) is 4.74 Å². The molecule has 0 N–H and O–H groups in total. The highest BCUT2D eigenvalue weighted by molar-refractivity contribution is 5.28. The fourth-order valence-electron chi connectivity index (χ4n) is 0.439. The highest BCUT2D eigenvalue weighted by Crippen LogP contribution is 2.14. The van der Waals surface area contributed by atoms with Crippen molar-refractivity contribution in [3.63, 3.8) is 0 Å². The molecule has 0 aliphatic heterocycles. The molecule has 0 unspecified atom stereocenters. The van der Waals surface area contributed by atoms with Crippen LogP contribution in [0.15, 0.2) is 36.4 Å². The molecule has 0 spiro atoms. The molecule has 0 amide bonds. The standard InChI is InChI=1S/C8H11FO/c1-5-8(9)6(2)7(3)10-4/h5H,1,3H2,2,4H3/b8-6+. The first-order valence-electron chi connectivity index (χ1n) is 2.85. The summed E-state index contributed by atoms with van der Waals surface area (Å²) in [5.74, 6) is -0.0655. The summed E-state index contributed by atoms with van der Waals surface area (Å²) in [5.41, 5.74) is 0.387. The molecule has 0 bridgehead atoms. The fourth-order valence-corrected chi connectivity index (χ4v) is 0.439. The first-order valence-corrected chi connectivity index (χ1v) is 2.85.